The van der Waals surface area contributed by atoms with Gasteiger partial charge in [0.1, 0.15) is 23.6 Å². The molecular weight excluding hydrogens is 370 g/mol. The van der Waals surface area contributed by atoms with Crippen LogP contribution in [0.1, 0.15) is 27.2 Å². The van der Waals surface area contributed by atoms with Crippen LogP contribution in [-0.4, -0.2) is 34.8 Å². The topological polar surface area (TPSA) is 87.7 Å². The summed E-state index contributed by atoms with van der Waals surface area (Å²) in [6, 6.07) is 15.7. The summed E-state index contributed by atoms with van der Waals surface area (Å²) in [7, 11) is 0. The predicted molar refractivity (Wildman–Crippen MR) is 110 cm³/mol. The van der Waals surface area contributed by atoms with Gasteiger partial charge < -0.3 is 15.4 Å². The van der Waals surface area contributed by atoms with E-state index in [-0.39, 0.29) is 18.4 Å². The number of ether oxygens (including phenoxy) is 1. The Balaban J connectivity index is 1.58. The molecule has 2 aromatic rings. The van der Waals surface area contributed by atoms with Gasteiger partial charge in [-0.25, -0.2) is 4.79 Å². The lowest BCUT2D eigenvalue weighted by Gasteiger charge is -2.23. The molecule has 1 fully saturated rings. The third-order valence-corrected chi connectivity index (χ3v) is 4.58. The maximum absolute atomic E-state index is 12.6. The van der Waals surface area contributed by atoms with Crippen molar-refractivity contribution in [2.24, 2.45) is 5.92 Å². The minimum absolute atomic E-state index is 0.231. The molecule has 0 saturated carbocycles. The highest BCUT2D eigenvalue weighted by molar-refractivity contribution is 6.09. The fraction of sp³-hybridized carbons (Fsp3) is 0.318. The highest BCUT2D eigenvalue weighted by Gasteiger charge is 2.48. The van der Waals surface area contributed by atoms with Crippen molar-refractivity contribution < 1.29 is 19.1 Å². The summed E-state index contributed by atoms with van der Waals surface area (Å²) in [5.41, 5.74) is -0.422. The molecule has 7 nitrogen and oxygen atoms in total. The Morgan fingerprint density at radius 2 is 1.69 bits per heavy atom. The van der Waals surface area contributed by atoms with Gasteiger partial charge >= 0.3 is 6.03 Å². The molecule has 1 aliphatic heterocycles. The van der Waals surface area contributed by atoms with Crippen molar-refractivity contribution in [2.45, 2.75) is 32.7 Å². The number of nitrogens with one attached hydrogen (secondary N) is 2. The Bertz CT molecular complexity index is 896. The fourth-order valence-electron chi connectivity index (χ4n) is 3.42. The molecule has 0 aromatic heterocycles. The van der Waals surface area contributed by atoms with Crippen LogP contribution in [0.4, 0.5) is 10.5 Å². The normalized spacial score (nSPS) is 18.7. The highest BCUT2D eigenvalue weighted by Crippen LogP contribution is 2.25. The minimum Gasteiger partial charge on any atom is -0.457 e. The molecule has 2 N–H and O–H groups in total. The van der Waals surface area contributed by atoms with E-state index in [0.29, 0.717) is 23.6 Å². The van der Waals surface area contributed by atoms with Gasteiger partial charge in [-0.05, 0) is 55.7 Å². The summed E-state index contributed by atoms with van der Waals surface area (Å²) < 4.78 is 5.71. The van der Waals surface area contributed by atoms with Crippen LogP contribution in [0.5, 0.6) is 11.5 Å². The van der Waals surface area contributed by atoms with E-state index in [0.717, 1.165) is 4.90 Å². The first-order chi connectivity index (χ1) is 13.8. The van der Waals surface area contributed by atoms with Gasteiger partial charge in [0, 0.05) is 5.69 Å². The van der Waals surface area contributed by atoms with Gasteiger partial charge in [0.2, 0.25) is 5.91 Å². The molecule has 7 heteroatoms. The Morgan fingerprint density at radius 1 is 1.07 bits per heavy atom. The number of carbonyl (C=O) groups is 3. The molecule has 152 valence electrons. The average Bonchev–Trinajstić information content (AvgIpc) is 2.86. The van der Waals surface area contributed by atoms with E-state index in [1.165, 1.54) is 0 Å². The number of imide groups is 1. The van der Waals surface area contributed by atoms with Gasteiger partial charge in [-0.1, -0.05) is 32.0 Å². The largest absolute Gasteiger partial charge is 0.457 e. The van der Waals surface area contributed by atoms with Crippen molar-refractivity contribution in [1.29, 1.82) is 0 Å². The smallest absolute Gasteiger partial charge is 0.325 e. The van der Waals surface area contributed by atoms with Crippen LogP contribution in [-0.2, 0) is 9.59 Å². The molecule has 2 aromatic carbocycles. The maximum atomic E-state index is 12.6. The Morgan fingerprint density at radius 3 is 2.31 bits per heavy atom. The summed E-state index contributed by atoms with van der Waals surface area (Å²) in [4.78, 5) is 38.1. The standard InChI is InChI=1S/C22H25N3O4/c1-15(2)13-22(3)20(27)25(21(28)24-22)14-19(26)23-16-9-11-18(12-10-16)29-17-7-5-4-6-8-17/h4-12,15H,13-14H2,1-3H3,(H,23,26)(H,24,28)/t22-/m0/s1. The molecule has 1 saturated heterocycles. The zero-order valence-corrected chi connectivity index (χ0v) is 16.8. The second kappa shape index (κ2) is 8.34. The summed E-state index contributed by atoms with van der Waals surface area (Å²) in [6.07, 6.45) is 0.512. The molecule has 3 rings (SSSR count). The molecule has 1 aliphatic rings. The van der Waals surface area contributed by atoms with E-state index in [1.54, 1.807) is 31.2 Å². The van der Waals surface area contributed by atoms with E-state index >= 15 is 0 Å². The van der Waals surface area contributed by atoms with Crippen LogP contribution in [0.15, 0.2) is 54.6 Å². The number of carbonyl (C=O) groups excluding carboxylic acids is 3. The molecule has 0 radical (unpaired) electrons. The molecule has 1 heterocycles. The number of hydrogen-bond donors (Lipinski definition) is 2. The highest BCUT2D eigenvalue weighted by atomic mass is 16.5. The van der Waals surface area contributed by atoms with Crippen molar-refractivity contribution in [1.82, 2.24) is 10.2 Å². The summed E-state index contributed by atoms with van der Waals surface area (Å²) in [6.45, 7) is 5.31. The van der Waals surface area contributed by atoms with Gasteiger partial charge in [0.25, 0.3) is 5.91 Å². The number of urea groups is 1. The van der Waals surface area contributed by atoms with Crippen molar-refractivity contribution in [2.75, 3.05) is 11.9 Å². The number of benzene rings is 2. The van der Waals surface area contributed by atoms with Gasteiger partial charge in [-0.15, -0.1) is 0 Å². The molecule has 29 heavy (non-hydrogen) atoms. The molecule has 0 unspecified atom stereocenters. The number of hydrogen-bond acceptors (Lipinski definition) is 4. The van der Waals surface area contributed by atoms with Crippen LogP contribution >= 0.6 is 0 Å². The second-order valence-corrected chi connectivity index (χ2v) is 7.74. The van der Waals surface area contributed by atoms with Gasteiger partial charge in [-0.3, -0.25) is 14.5 Å². The number of anilines is 1. The quantitative estimate of drug-likeness (QED) is 0.699. The average molecular weight is 395 g/mol. The fourth-order valence-corrected chi connectivity index (χ4v) is 3.42. The number of rotatable bonds is 7. The zero-order valence-electron chi connectivity index (χ0n) is 16.8. The summed E-state index contributed by atoms with van der Waals surface area (Å²) in [5, 5.41) is 5.40. The monoisotopic (exact) mass is 395 g/mol. The Kier molecular flexibility index (Phi) is 5.87. The lowest BCUT2D eigenvalue weighted by Crippen LogP contribution is -2.45. The number of nitrogens with zero attached hydrogens (tertiary/aromatic N) is 1. The van der Waals surface area contributed by atoms with E-state index < -0.39 is 17.5 Å². The van der Waals surface area contributed by atoms with E-state index in [9.17, 15) is 14.4 Å². The van der Waals surface area contributed by atoms with Gasteiger partial charge in [-0.2, -0.15) is 0 Å². The Labute approximate surface area is 170 Å². The molecule has 1 atom stereocenters. The van der Waals surface area contributed by atoms with Gasteiger partial charge in [0.05, 0.1) is 0 Å². The predicted octanol–water partition coefficient (Wildman–Crippen LogP) is 3.77. The zero-order chi connectivity index (χ0) is 21.0. The van der Waals surface area contributed by atoms with E-state index in [4.69, 9.17) is 4.74 Å². The minimum atomic E-state index is -0.970. The third-order valence-electron chi connectivity index (χ3n) is 4.58. The van der Waals surface area contributed by atoms with Crippen LogP contribution in [0.25, 0.3) is 0 Å². The molecular formula is C22H25N3O4. The van der Waals surface area contributed by atoms with Crippen LogP contribution in [0.3, 0.4) is 0 Å². The number of amides is 4. The lowest BCUT2D eigenvalue weighted by molar-refractivity contribution is -0.133. The van der Waals surface area contributed by atoms with Crippen LogP contribution in [0.2, 0.25) is 0 Å². The first kappa shape index (κ1) is 20.4. The summed E-state index contributed by atoms with van der Waals surface area (Å²) >= 11 is 0. The molecule has 0 bridgehead atoms. The first-order valence-electron chi connectivity index (χ1n) is 9.54. The third kappa shape index (κ3) is 4.93. The van der Waals surface area contributed by atoms with Crippen molar-refractivity contribution in [3.8, 4) is 11.5 Å². The maximum Gasteiger partial charge on any atom is 0.325 e. The van der Waals surface area contributed by atoms with Crippen molar-refractivity contribution >= 4 is 23.5 Å². The van der Waals surface area contributed by atoms with Crippen molar-refractivity contribution in [3.63, 3.8) is 0 Å². The van der Waals surface area contributed by atoms with E-state index in [1.807, 2.05) is 44.2 Å². The van der Waals surface area contributed by atoms with E-state index in [2.05, 4.69) is 10.6 Å². The van der Waals surface area contributed by atoms with Crippen LogP contribution in [0, 0.1) is 5.92 Å². The number of para-hydroxylation sites is 1. The molecule has 0 aliphatic carbocycles. The van der Waals surface area contributed by atoms with Crippen molar-refractivity contribution in [3.05, 3.63) is 54.6 Å². The van der Waals surface area contributed by atoms with Crippen LogP contribution < -0.4 is 15.4 Å². The lowest BCUT2D eigenvalue weighted by atomic mass is 9.91. The first-order valence-corrected chi connectivity index (χ1v) is 9.54. The molecule has 0 spiro atoms. The molecule has 4 amide bonds. The van der Waals surface area contributed by atoms with Gasteiger partial charge in [0.15, 0.2) is 0 Å². The summed E-state index contributed by atoms with van der Waals surface area (Å²) in [5.74, 6) is 0.756. The Hall–Kier alpha value is -3.35. The second-order valence-electron chi connectivity index (χ2n) is 7.74. The SMILES string of the molecule is CC(C)C[C@]1(C)NC(=O)N(CC(=O)Nc2ccc(Oc3ccccc3)cc2)C1=O.